The molecule has 0 amide bonds. The van der Waals surface area contributed by atoms with E-state index in [-0.39, 0.29) is 6.04 Å². The summed E-state index contributed by atoms with van der Waals surface area (Å²) in [6.45, 7) is 1.84. The van der Waals surface area contributed by atoms with Gasteiger partial charge < -0.3 is 0 Å². The number of likely N-dealkylation sites (tertiary alicyclic amines) is 1. The Morgan fingerprint density at radius 1 is 0.929 bits per heavy atom. The molecule has 1 unspecified atom stereocenters. The summed E-state index contributed by atoms with van der Waals surface area (Å²) in [6, 6.07) is 16.9. The second-order valence-electron chi connectivity index (χ2n) is 7.94. The molecule has 2 aromatic rings. The minimum Gasteiger partial charge on any atom is -0.296 e. The first kappa shape index (κ1) is 17.9. The smallest absolute Gasteiger partial charge is 0.296 e. The highest BCUT2D eigenvalue weighted by atomic mass is 32.2. The number of hydrogen-bond acceptors (Lipinski definition) is 3. The third-order valence-corrected chi connectivity index (χ3v) is 7.72. The molecule has 146 valence electrons. The van der Waals surface area contributed by atoms with Crippen molar-refractivity contribution < 1.29 is 8.42 Å². The highest BCUT2D eigenvalue weighted by molar-refractivity contribution is 7.91. The highest BCUT2D eigenvalue weighted by Crippen LogP contribution is 2.38. The van der Waals surface area contributed by atoms with Gasteiger partial charge in [-0.15, -0.1) is 0 Å². The van der Waals surface area contributed by atoms with E-state index in [2.05, 4.69) is 33.6 Å². The molecule has 0 spiro atoms. The topological polar surface area (TPSA) is 53.0 Å². The summed E-state index contributed by atoms with van der Waals surface area (Å²) in [4.78, 5) is 2.56. The molecule has 1 aliphatic carbocycles. The molecule has 0 bridgehead atoms. The second kappa shape index (κ2) is 7.01. The molecule has 28 heavy (non-hydrogen) atoms. The summed E-state index contributed by atoms with van der Waals surface area (Å²) in [5, 5.41) is 0. The monoisotopic (exact) mass is 395 g/mol. The third kappa shape index (κ3) is 3.05. The summed E-state index contributed by atoms with van der Waals surface area (Å²) >= 11 is 0. The Labute approximate surface area is 166 Å². The number of benzene rings is 2. The average molecular weight is 396 g/mol. The zero-order valence-corrected chi connectivity index (χ0v) is 16.7. The van der Waals surface area contributed by atoms with E-state index in [1.54, 1.807) is 4.31 Å². The molecular weight excluding hydrogens is 370 g/mol. The molecule has 1 atom stereocenters. The van der Waals surface area contributed by atoms with Crippen molar-refractivity contribution in [3.63, 3.8) is 0 Å². The maximum Gasteiger partial charge on any atom is 0.344 e. The first-order valence-corrected chi connectivity index (χ1v) is 11.5. The number of piperidine rings is 1. The molecule has 3 aliphatic rings. The highest BCUT2D eigenvalue weighted by Gasteiger charge is 2.37. The van der Waals surface area contributed by atoms with Crippen molar-refractivity contribution in [1.29, 1.82) is 0 Å². The van der Waals surface area contributed by atoms with Crippen LogP contribution in [0.5, 0.6) is 0 Å². The van der Waals surface area contributed by atoms with E-state index in [0.717, 1.165) is 37.2 Å². The summed E-state index contributed by atoms with van der Waals surface area (Å²) in [7, 11) is -3.64. The Morgan fingerprint density at radius 3 is 2.54 bits per heavy atom. The first-order valence-electron chi connectivity index (χ1n) is 10.1. The lowest BCUT2D eigenvalue weighted by atomic mass is 9.85. The van der Waals surface area contributed by atoms with Gasteiger partial charge in [-0.1, -0.05) is 42.5 Å². The molecule has 2 heterocycles. The van der Waals surface area contributed by atoms with Crippen LogP contribution >= 0.6 is 0 Å². The van der Waals surface area contributed by atoms with Crippen molar-refractivity contribution in [2.24, 2.45) is 4.40 Å². The number of rotatable bonds is 2. The standard InChI is InChI=1S/C22H25N3O2S/c26-28(27)23-16-18-7-2-4-10-21(18)25(28)19-12-14-24(15-13-19)22-11-5-8-17-6-1-3-9-20(17)22/h1-4,6-7,9-10,16,19,22H,5,8,11-15H2. The van der Waals surface area contributed by atoms with Gasteiger partial charge in [0, 0.05) is 30.7 Å². The quantitative estimate of drug-likeness (QED) is 0.779. The molecule has 2 aliphatic heterocycles. The van der Waals surface area contributed by atoms with Crippen LogP contribution in [-0.2, 0) is 16.6 Å². The van der Waals surface area contributed by atoms with Crippen LogP contribution in [0.15, 0.2) is 52.9 Å². The molecule has 0 aromatic heterocycles. The van der Waals surface area contributed by atoms with E-state index in [1.807, 2.05) is 24.3 Å². The van der Waals surface area contributed by atoms with Gasteiger partial charge in [0.15, 0.2) is 0 Å². The normalized spacial score (nSPS) is 24.6. The maximum atomic E-state index is 12.7. The van der Waals surface area contributed by atoms with Gasteiger partial charge in [-0.3, -0.25) is 4.90 Å². The van der Waals surface area contributed by atoms with Crippen molar-refractivity contribution in [3.8, 4) is 0 Å². The molecule has 0 N–H and O–H groups in total. The Balaban J connectivity index is 1.36. The predicted octanol–water partition coefficient (Wildman–Crippen LogP) is 3.71. The zero-order valence-electron chi connectivity index (χ0n) is 15.9. The Hall–Kier alpha value is -2.18. The van der Waals surface area contributed by atoms with E-state index < -0.39 is 10.2 Å². The minimum atomic E-state index is -3.64. The average Bonchev–Trinajstić information content (AvgIpc) is 2.73. The van der Waals surface area contributed by atoms with E-state index >= 15 is 0 Å². The lowest BCUT2D eigenvalue weighted by Crippen LogP contribution is -2.49. The number of para-hydroxylation sites is 1. The van der Waals surface area contributed by atoms with Gasteiger partial charge in [0.2, 0.25) is 0 Å². The molecule has 2 aromatic carbocycles. The lowest BCUT2D eigenvalue weighted by molar-refractivity contribution is 0.140. The molecule has 6 heteroatoms. The third-order valence-electron chi connectivity index (χ3n) is 6.36. The van der Waals surface area contributed by atoms with Gasteiger partial charge in [-0.2, -0.15) is 12.8 Å². The largest absolute Gasteiger partial charge is 0.344 e. The fraction of sp³-hybridized carbons (Fsp3) is 0.409. The van der Waals surface area contributed by atoms with Gasteiger partial charge in [0.1, 0.15) is 0 Å². The number of fused-ring (bicyclic) bond motifs is 2. The Bertz CT molecular complexity index is 1010. The summed E-state index contributed by atoms with van der Waals surface area (Å²) in [5.74, 6) is 0. The summed E-state index contributed by atoms with van der Waals surface area (Å²) in [6.07, 6.45) is 6.73. The number of nitrogens with zero attached hydrogens (tertiary/aromatic N) is 3. The van der Waals surface area contributed by atoms with Gasteiger partial charge in [0.25, 0.3) is 0 Å². The number of anilines is 1. The van der Waals surface area contributed by atoms with Gasteiger partial charge in [-0.25, -0.2) is 4.31 Å². The Kier molecular flexibility index (Phi) is 4.48. The lowest BCUT2D eigenvalue weighted by Gasteiger charge is -2.43. The van der Waals surface area contributed by atoms with Crippen molar-refractivity contribution >= 4 is 22.1 Å². The van der Waals surface area contributed by atoms with E-state index in [4.69, 9.17) is 0 Å². The van der Waals surface area contributed by atoms with Crippen LogP contribution in [0.4, 0.5) is 5.69 Å². The van der Waals surface area contributed by atoms with E-state index in [1.165, 1.54) is 36.6 Å². The van der Waals surface area contributed by atoms with Crippen LogP contribution in [-0.4, -0.2) is 38.7 Å². The van der Waals surface area contributed by atoms with Crippen LogP contribution in [0.1, 0.15) is 48.4 Å². The summed E-state index contributed by atoms with van der Waals surface area (Å²) < 4.78 is 30.8. The van der Waals surface area contributed by atoms with Crippen molar-refractivity contribution in [2.75, 3.05) is 17.4 Å². The summed E-state index contributed by atoms with van der Waals surface area (Å²) in [5.41, 5.74) is 4.58. The van der Waals surface area contributed by atoms with Gasteiger partial charge in [0.05, 0.1) is 11.9 Å². The molecule has 5 rings (SSSR count). The van der Waals surface area contributed by atoms with Gasteiger partial charge >= 0.3 is 10.2 Å². The van der Waals surface area contributed by atoms with Crippen LogP contribution < -0.4 is 4.31 Å². The van der Waals surface area contributed by atoms with Crippen LogP contribution in [0.2, 0.25) is 0 Å². The van der Waals surface area contributed by atoms with Crippen molar-refractivity contribution in [2.45, 2.75) is 44.2 Å². The van der Waals surface area contributed by atoms with Crippen molar-refractivity contribution in [1.82, 2.24) is 4.90 Å². The molecule has 1 saturated heterocycles. The SMILES string of the molecule is O=S1(=O)N=Cc2ccccc2N1C1CCN(C2CCCc3ccccc32)CC1. The van der Waals surface area contributed by atoms with Crippen LogP contribution in [0.3, 0.4) is 0 Å². The second-order valence-corrected chi connectivity index (χ2v) is 9.44. The Morgan fingerprint density at radius 2 is 1.68 bits per heavy atom. The van der Waals surface area contributed by atoms with E-state index in [0.29, 0.717) is 6.04 Å². The maximum absolute atomic E-state index is 12.7. The fourth-order valence-corrected chi connectivity index (χ4v) is 6.37. The fourth-order valence-electron chi connectivity index (χ4n) is 5.02. The number of aryl methyl sites for hydroxylation is 1. The first-order chi connectivity index (χ1) is 13.6. The minimum absolute atomic E-state index is 0.0290. The molecular formula is C22H25N3O2S. The molecule has 1 fully saturated rings. The molecule has 0 radical (unpaired) electrons. The van der Waals surface area contributed by atoms with E-state index in [9.17, 15) is 8.42 Å². The predicted molar refractivity (Wildman–Crippen MR) is 112 cm³/mol. The van der Waals surface area contributed by atoms with Gasteiger partial charge in [-0.05, 0) is 49.3 Å². The zero-order chi connectivity index (χ0) is 19.1. The molecule has 0 saturated carbocycles. The van der Waals surface area contributed by atoms with Crippen LogP contribution in [0.25, 0.3) is 0 Å². The molecule has 5 nitrogen and oxygen atoms in total. The van der Waals surface area contributed by atoms with Crippen LogP contribution in [0, 0.1) is 0 Å². The number of hydrogen-bond donors (Lipinski definition) is 0. The van der Waals surface area contributed by atoms with Crippen molar-refractivity contribution in [3.05, 3.63) is 65.2 Å².